The maximum atomic E-state index is 2.46. The third kappa shape index (κ3) is 1.74. The highest BCUT2D eigenvalue weighted by molar-refractivity contribution is 5.87. The number of allylic oxidation sites excluding steroid dienone is 2. The summed E-state index contributed by atoms with van der Waals surface area (Å²) in [6, 6.07) is 18.1. The first kappa shape index (κ1) is 13.2. The standard InChI is InChI=1S/C22H21N/c1-14-7-9-15(10-8-14)20-16-11-12-17(13-16)22-21(20)18-5-3-4-6-19(18)23(22)2/h3-12,16-17,20H,13H2,1-2H3. The lowest BCUT2D eigenvalue weighted by Crippen LogP contribution is -2.20. The molecule has 1 nitrogen and oxygen atoms in total. The van der Waals surface area contributed by atoms with Crippen molar-refractivity contribution in [3.8, 4) is 0 Å². The van der Waals surface area contributed by atoms with Crippen molar-refractivity contribution in [3.63, 3.8) is 0 Å². The fraction of sp³-hybridized carbons (Fsp3) is 0.273. The van der Waals surface area contributed by atoms with Crippen molar-refractivity contribution >= 4 is 10.9 Å². The maximum Gasteiger partial charge on any atom is 0.0483 e. The van der Waals surface area contributed by atoms with Gasteiger partial charge in [-0.05, 0) is 36.5 Å². The summed E-state index contributed by atoms with van der Waals surface area (Å²) in [5, 5.41) is 1.44. The van der Waals surface area contributed by atoms with E-state index < -0.39 is 0 Å². The van der Waals surface area contributed by atoms with Gasteiger partial charge >= 0.3 is 0 Å². The second-order valence-corrected chi connectivity index (χ2v) is 7.15. The van der Waals surface area contributed by atoms with Crippen LogP contribution in [0.5, 0.6) is 0 Å². The van der Waals surface area contributed by atoms with Gasteiger partial charge in [-0.25, -0.2) is 0 Å². The highest BCUT2D eigenvalue weighted by Gasteiger charge is 2.40. The highest BCUT2D eigenvalue weighted by Crippen LogP contribution is 2.53. The molecular weight excluding hydrogens is 278 g/mol. The summed E-state index contributed by atoms with van der Waals surface area (Å²) >= 11 is 0. The molecule has 0 spiro atoms. The SMILES string of the molecule is Cc1ccc(C2c3c(n(C)c4ccccc34)C3C=CC2C3)cc1. The van der Waals surface area contributed by atoms with Crippen LogP contribution < -0.4 is 0 Å². The quantitative estimate of drug-likeness (QED) is 0.538. The van der Waals surface area contributed by atoms with Gasteiger partial charge in [0.2, 0.25) is 0 Å². The minimum absolute atomic E-state index is 0.492. The van der Waals surface area contributed by atoms with Gasteiger partial charge in [0.05, 0.1) is 0 Å². The molecule has 2 bridgehead atoms. The number of hydrogen-bond donors (Lipinski definition) is 0. The van der Waals surface area contributed by atoms with E-state index in [9.17, 15) is 0 Å². The van der Waals surface area contributed by atoms with E-state index in [4.69, 9.17) is 0 Å². The van der Waals surface area contributed by atoms with Crippen LogP contribution in [0.2, 0.25) is 0 Å². The van der Waals surface area contributed by atoms with Gasteiger partial charge in [-0.1, -0.05) is 60.2 Å². The van der Waals surface area contributed by atoms with Crippen LogP contribution in [0, 0.1) is 12.8 Å². The van der Waals surface area contributed by atoms with Crippen molar-refractivity contribution < 1.29 is 0 Å². The van der Waals surface area contributed by atoms with E-state index in [1.807, 2.05) is 0 Å². The van der Waals surface area contributed by atoms with Crippen LogP contribution in [-0.4, -0.2) is 4.57 Å². The molecule has 0 N–H and O–H groups in total. The fourth-order valence-electron chi connectivity index (χ4n) is 4.80. The smallest absolute Gasteiger partial charge is 0.0483 e. The van der Waals surface area contributed by atoms with Crippen molar-refractivity contribution in [3.05, 3.63) is 83.1 Å². The number of hydrogen-bond acceptors (Lipinski definition) is 0. The predicted octanol–water partition coefficient (Wildman–Crippen LogP) is 5.29. The van der Waals surface area contributed by atoms with Crippen molar-refractivity contribution in [2.75, 3.05) is 0 Å². The van der Waals surface area contributed by atoms with Gasteiger partial charge in [0, 0.05) is 35.5 Å². The Morgan fingerprint density at radius 2 is 1.74 bits per heavy atom. The molecule has 0 radical (unpaired) electrons. The van der Waals surface area contributed by atoms with E-state index in [0.717, 1.165) is 0 Å². The maximum absolute atomic E-state index is 2.46. The van der Waals surface area contributed by atoms with Crippen LogP contribution in [0.4, 0.5) is 0 Å². The number of para-hydroxylation sites is 1. The number of rotatable bonds is 1. The van der Waals surface area contributed by atoms with Gasteiger partial charge in [0.15, 0.2) is 0 Å². The van der Waals surface area contributed by atoms with Crippen LogP contribution in [0.25, 0.3) is 10.9 Å². The first-order chi connectivity index (χ1) is 11.2. The second-order valence-electron chi connectivity index (χ2n) is 7.15. The van der Waals surface area contributed by atoms with Crippen LogP contribution in [0.15, 0.2) is 60.7 Å². The minimum Gasteiger partial charge on any atom is -0.347 e. The Hall–Kier alpha value is -2.28. The first-order valence-corrected chi connectivity index (χ1v) is 8.56. The van der Waals surface area contributed by atoms with E-state index in [1.165, 1.54) is 34.1 Å². The number of aryl methyl sites for hydroxylation is 2. The molecule has 1 heterocycles. The molecule has 2 aromatic carbocycles. The van der Waals surface area contributed by atoms with Crippen LogP contribution in [-0.2, 0) is 7.05 Å². The van der Waals surface area contributed by atoms with Gasteiger partial charge in [0.1, 0.15) is 0 Å². The molecule has 1 aromatic heterocycles. The van der Waals surface area contributed by atoms with Gasteiger partial charge in [-0.15, -0.1) is 0 Å². The highest BCUT2D eigenvalue weighted by atomic mass is 15.0. The monoisotopic (exact) mass is 299 g/mol. The first-order valence-electron chi connectivity index (χ1n) is 8.56. The summed E-state index contributed by atoms with van der Waals surface area (Å²) in [5.74, 6) is 1.72. The Labute approximate surface area is 137 Å². The zero-order valence-electron chi connectivity index (χ0n) is 13.7. The average Bonchev–Trinajstić information content (AvgIpc) is 3.11. The topological polar surface area (TPSA) is 4.93 Å². The molecule has 2 aliphatic carbocycles. The Morgan fingerprint density at radius 1 is 0.957 bits per heavy atom. The van der Waals surface area contributed by atoms with Gasteiger partial charge < -0.3 is 4.57 Å². The minimum atomic E-state index is 0.492. The third-order valence-corrected chi connectivity index (χ3v) is 5.84. The molecule has 0 aliphatic heterocycles. The molecular formula is C22H21N. The molecule has 3 unspecified atom stereocenters. The number of aromatic nitrogens is 1. The molecule has 3 aromatic rings. The van der Waals surface area contributed by atoms with E-state index in [-0.39, 0.29) is 0 Å². The fourth-order valence-corrected chi connectivity index (χ4v) is 4.80. The summed E-state index contributed by atoms with van der Waals surface area (Å²) in [7, 11) is 2.24. The van der Waals surface area contributed by atoms with Crippen LogP contribution in [0.3, 0.4) is 0 Å². The molecule has 23 heavy (non-hydrogen) atoms. The number of nitrogens with zero attached hydrogens (tertiary/aromatic N) is 1. The molecule has 0 saturated carbocycles. The largest absolute Gasteiger partial charge is 0.347 e. The van der Waals surface area contributed by atoms with E-state index in [2.05, 4.69) is 79.2 Å². The number of fused-ring (bicyclic) bond motifs is 6. The lowest BCUT2D eigenvalue weighted by atomic mass is 9.73. The van der Waals surface area contributed by atoms with Crippen LogP contribution in [0.1, 0.15) is 40.6 Å². The summed E-state index contributed by atoms with van der Waals surface area (Å²) in [5.41, 5.74) is 7.27. The Balaban J connectivity index is 1.83. The van der Waals surface area contributed by atoms with E-state index >= 15 is 0 Å². The van der Waals surface area contributed by atoms with Crippen molar-refractivity contribution in [2.45, 2.75) is 25.2 Å². The molecule has 2 aliphatic rings. The molecule has 0 amide bonds. The number of benzene rings is 2. The van der Waals surface area contributed by atoms with Crippen molar-refractivity contribution in [2.24, 2.45) is 13.0 Å². The lowest BCUT2D eigenvalue weighted by molar-refractivity contribution is 0.486. The molecule has 5 rings (SSSR count). The van der Waals surface area contributed by atoms with Crippen molar-refractivity contribution in [1.82, 2.24) is 4.57 Å². The van der Waals surface area contributed by atoms with E-state index in [0.29, 0.717) is 17.8 Å². The third-order valence-electron chi connectivity index (χ3n) is 5.84. The second kappa shape index (κ2) is 4.61. The lowest BCUT2D eigenvalue weighted by Gasteiger charge is -2.31. The summed E-state index contributed by atoms with van der Waals surface area (Å²) < 4.78 is 2.43. The van der Waals surface area contributed by atoms with E-state index in [1.54, 1.807) is 5.56 Å². The zero-order chi connectivity index (χ0) is 15.6. The molecule has 0 saturated heterocycles. The average molecular weight is 299 g/mol. The molecule has 3 atom stereocenters. The van der Waals surface area contributed by atoms with Crippen LogP contribution >= 0.6 is 0 Å². The van der Waals surface area contributed by atoms with Gasteiger partial charge in [-0.2, -0.15) is 0 Å². The van der Waals surface area contributed by atoms with Gasteiger partial charge in [-0.3, -0.25) is 0 Å². The summed E-state index contributed by atoms with van der Waals surface area (Å²) in [6.07, 6.45) is 6.16. The van der Waals surface area contributed by atoms with Gasteiger partial charge in [0.25, 0.3) is 0 Å². The molecule has 114 valence electrons. The Bertz CT molecular complexity index is 927. The Kier molecular flexibility index (Phi) is 2.64. The predicted molar refractivity (Wildman–Crippen MR) is 95.9 cm³/mol. The van der Waals surface area contributed by atoms with Crippen molar-refractivity contribution in [1.29, 1.82) is 0 Å². The Morgan fingerprint density at radius 3 is 2.57 bits per heavy atom. The summed E-state index contributed by atoms with van der Waals surface area (Å²) in [6.45, 7) is 2.17. The summed E-state index contributed by atoms with van der Waals surface area (Å²) in [4.78, 5) is 0. The zero-order valence-corrected chi connectivity index (χ0v) is 13.7. The molecule has 0 fully saturated rings. The molecule has 1 heteroatoms. The normalized spacial score (nSPS) is 25.0.